The van der Waals surface area contributed by atoms with Crippen LogP contribution in [0.1, 0.15) is 43.6 Å². The lowest BCUT2D eigenvalue weighted by Gasteiger charge is -2.29. The van der Waals surface area contributed by atoms with E-state index in [-0.39, 0.29) is 5.56 Å². The normalized spacial score (nSPS) is 21.0. The SMILES string of the molecule is CCCCC1COC(c2ccc(C#CC(=O)O)c(F)c2)OC1. The van der Waals surface area contributed by atoms with Crippen LogP contribution >= 0.6 is 0 Å². The van der Waals surface area contributed by atoms with Gasteiger partial charge in [0.05, 0.1) is 18.8 Å². The summed E-state index contributed by atoms with van der Waals surface area (Å²) in [5.74, 6) is 2.68. The molecule has 1 aliphatic rings. The molecule has 0 atom stereocenters. The van der Waals surface area contributed by atoms with Crippen LogP contribution in [-0.2, 0) is 14.3 Å². The fourth-order valence-electron chi connectivity index (χ4n) is 2.30. The molecule has 1 aliphatic heterocycles. The highest BCUT2D eigenvalue weighted by Gasteiger charge is 2.23. The van der Waals surface area contributed by atoms with Crippen molar-refractivity contribution in [2.45, 2.75) is 32.5 Å². The third kappa shape index (κ3) is 4.55. The highest BCUT2D eigenvalue weighted by molar-refractivity contribution is 5.87. The van der Waals surface area contributed by atoms with Gasteiger partial charge in [0.1, 0.15) is 5.82 Å². The molecule has 0 amide bonds. The van der Waals surface area contributed by atoms with E-state index in [1.54, 1.807) is 6.07 Å². The van der Waals surface area contributed by atoms with E-state index in [9.17, 15) is 9.18 Å². The summed E-state index contributed by atoms with van der Waals surface area (Å²) in [4.78, 5) is 10.4. The Balaban J connectivity index is 1.98. The molecule has 0 unspecified atom stereocenters. The first-order chi connectivity index (χ1) is 10.6. The number of hydrogen-bond acceptors (Lipinski definition) is 3. The van der Waals surface area contributed by atoms with Crippen molar-refractivity contribution in [3.63, 3.8) is 0 Å². The maximum atomic E-state index is 13.9. The van der Waals surface area contributed by atoms with Crippen LogP contribution in [0, 0.1) is 23.6 Å². The van der Waals surface area contributed by atoms with Gasteiger partial charge in [0.25, 0.3) is 0 Å². The van der Waals surface area contributed by atoms with Gasteiger partial charge in [0, 0.05) is 17.4 Å². The molecule has 1 fully saturated rings. The number of halogens is 1. The summed E-state index contributed by atoms with van der Waals surface area (Å²) in [5.41, 5.74) is 0.620. The average Bonchev–Trinajstić information content (AvgIpc) is 2.52. The minimum Gasteiger partial charge on any atom is -0.472 e. The highest BCUT2D eigenvalue weighted by atomic mass is 19.1. The number of carboxylic acids is 1. The van der Waals surface area contributed by atoms with E-state index in [2.05, 4.69) is 12.8 Å². The van der Waals surface area contributed by atoms with Crippen molar-refractivity contribution in [1.29, 1.82) is 0 Å². The standard InChI is InChI=1S/C17H19FO4/c1-2-3-4-12-10-21-17(22-11-12)14-6-5-13(15(18)9-14)7-8-16(19)20/h5-6,9,12,17H,2-4,10-11H2,1H3,(H,19,20). The van der Waals surface area contributed by atoms with Crippen molar-refractivity contribution in [2.75, 3.05) is 13.2 Å². The molecule has 2 rings (SSSR count). The van der Waals surface area contributed by atoms with Crippen LogP contribution in [-0.4, -0.2) is 24.3 Å². The first-order valence-corrected chi connectivity index (χ1v) is 7.37. The van der Waals surface area contributed by atoms with Gasteiger partial charge in [0.15, 0.2) is 6.29 Å². The molecule has 1 saturated heterocycles. The lowest BCUT2D eigenvalue weighted by Crippen LogP contribution is -2.27. The average molecular weight is 306 g/mol. The predicted octanol–water partition coefficient (Wildman–Crippen LogP) is 3.11. The number of ether oxygens (including phenoxy) is 2. The van der Waals surface area contributed by atoms with Crippen LogP contribution in [0.25, 0.3) is 0 Å². The van der Waals surface area contributed by atoms with Gasteiger partial charge in [-0.15, -0.1) is 0 Å². The topological polar surface area (TPSA) is 55.8 Å². The Morgan fingerprint density at radius 1 is 1.41 bits per heavy atom. The summed E-state index contributed by atoms with van der Waals surface area (Å²) in [5, 5.41) is 8.47. The number of benzene rings is 1. The summed E-state index contributed by atoms with van der Waals surface area (Å²) < 4.78 is 25.2. The number of carboxylic acid groups (broad SMARTS) is 1. The molecule has 0 spiro atoms. The van der Waals surface area contributed by atoms with E-state index >= 15 is 0 Å². The first-order valence-electron chi connectivity index (χ1n) is 7.37. The van der Waals surface area contributed by atoms with Crippen molar-refractivity contribution in [2.24, 2.45) is 5.92 Å². The fraction of sp³-hybridized carbons (Fsp3) is 0.471. The van der Waals surface area contributed by atoms with Gasteiger partial charge in [-0.25, -0.2) is 9.18 Å². The zero-order valence-electron chi connectivity index (χ0n) is 12.5. The van der Waals surface area contributed by atoms with E-state index in [1.807, 2.05) is 5.92 Å². The molecule has 0 aliphatic carbocycles. The molecular formula is C17H19FO4. The summed E-state index contributed by atoms with van der Waals surface area (Å²) in [6.45, 7) is 3.35. The third-order valence-electron chi connectivity index (χ3n) is 3.50. The largest absolute Gasteiger partial charge is 0.472 e. The van der Waals surface area contributed by atoms with E-state index in [4.69, 9.17) is 14.6 Å². The Hall–Kier alpha value is -1.90. The molecule has 22 heavy (non-hydrogen) atoms. The van der Waals surface area contributed by atoms with Crippen LogP contribution < -0.4 is 0 Å². The summed E-state index contributed by atoms with van der Waals surface area (Å²) >= 11 is 0. The monoisotopic (exact) mass is 306 g/mol. The van der Waals surface area contributed by atoms with Gasteiger partial charge >= 0.3 is 5.97 Å². The quantitative estimate of drug-likeness (QED) is 0.868. The van der Waals surface area contributed by atoms with Crippen LogP contribution in [0.5, 0.6) is 0 Å². The number of carbonyl (C=O) groups is 1. The summed E-state index contributed by atoms with van der Waals surface area (Å²) in [7, 11) is 0. The van der Waals surface area contributed by atoms with Gasteiger partial charge in [-0.05, 0) is 18.6 Å². The second kappa shape index (κ2) is 7.92. The Morgan fingerprint density at radius 2 is 2.14 bits per heavy atom. The van der Waals surface area contributed by atoms with Crippen LogP contribution in [0.4, 0.5) is 4.39 Å². The van der Waals surface area contributed by atoms with E-state index in [0.717, 1.165) is 19.3 Å². The molecule has 1 aromatic rings. The molecule has 1 heterocycles. The Bertz CT molecular complexity index is 580. The van der Waals surface area contributed by atoms with Crippen molar-refractivity contribution in [1.82, 2.24) is 0 Å². The zero-order valence-corrected chi connectivity index (χ0v) is 12.5. The van der Waals surface area contributed by atoms with E-state index in [1.165, 1.54) is 12.1 Å². The van der Waals surface area contributed by atoms with Crippen molar-refractivity contribution in [3.05, 3.63) is 35.1 Å². The molecule has 1 aromatic carbocycles. The van der Waals surface area contributed by atoms with E-state index < -0.39 is 18.1 Å². The van der Waals surface area contributed by atoms with Crippen molar-refractivity contribution in [3.8, 4) is 11.8 Å². The van der Waals surface area contributed by atoms with Crippen LogP contribution in [0.2, 0.25) is 0 Å². The summed E-state index contributed by atoms with van der Waals surface area (Å²) in [6.07, 6.45) is 2.78. The van der Waals surface area contributed by atoms with Gasteiger partial charge < -0.3 is 14.6 Å². The number of rotatable bonds is 4. The van der Waals surface area contributed by atoms with Crippen LogP contribution in [0.15, 0.2) is 18.2 Å². The smallest absolute Gasteiger partial charge is 0.382 e. The number of aliphatic carboxylic acids is 1. The Labute approximate surface area is 129 Å². The lowest BCUT2D eigenvalue weighted by atomic mass is 10.0. The predicted molar refractivity (Wildman–Crippen MR) is 78.6 cm³/mol. The minimum atomic E-state index is -1.29. The summed E-state index contributed by atoms with van der Waals surface area (Å²) in [6, 6.07) is 4.37. The second-order valence-corrected chi connectivity index (χ2v) is 5.30. The minimum absolute atomic E-state index is 0.0442. The Kier molecular flexibility index (Phi) is 5.93. The third-order valence-corrected chi connectivity index (χ3v) is 3.50. The number of unbranched alkanes of at least 4 members (excludes halogenated alkanes) is 1. The van der Waals surface area contributed by atoms with Gasteiger partial charge in [-0.2, -0.15) is 0 Å². The molecule has 0 radical (unpaired) electrons. The highest BCUT2D eigenvalue weighted by Crippen LogP contribution is 2.28. The van der Waals surface area contributed by atoms with Crippen molar-refractivity contribution < 1.29 is 23.8 Å². The van der Waals surface area contributed by atoms with E-state index in [0.29, 0.717) is 24.7 Å². The fourth-order valence-corrected chi connectivity index (χ4v) is 2.30. The molecule has 0 saturated carbocycles. The maximum absolute atomic E-state index is 13.9. The van der Waals surface area contributed by atoms with Gasteiger partial charge in [0.2, 0.25) is 0 Å². The molecule has 5 heteroatoms. The lowest BCUT2D eigenvalue weighted by molar-refractivity contribution is -0.206. The molecule has 4 nitrogen and oxygen atoms in total. The Morgan fingerprint density at radius 3 is 2.73 bits per heavy atom. The number of hydrogen-bond donors (Lipinski definition) is 1. The van der Waals surface area contributed by atoms with Gasteiger partial charge in [-0.1, -0.05) is 31.8 Å². The molecular weight excluding hydrogens is 287 g/mol. The second-order valence-electron chi connectivity index (χ2n) is 5.30. The van der Waals surface area contributed by atoms with Crippen LogP contribution in [0.3, 0.4) is 0 Å². The molecule has 1 N–H and O–H groups in total. The molecule has 0 bridgehead atoms. The first kappa shape index (κ1) is 16.5. The molecule has 0 aromatic heterocycles. The zero-order chi connectivity index (χ0) is 15.9. The molecule has 118 valence electrons. The maximum Gasteiger partial charge on any atom is 0.382 e. The van der Waals surface area contributed by atoms with Gasteiger partial charge in [-0.3, -0.25) is 0 Å². The van der Waals surface area contributed by atoms with Crippen molar-refractivity contribution >= 4 is 5.97 Å².